The molecular weight excluding hydrogens is 162 g/mol. The van der Waals surface area contributed by atoms with Crippen LogP contribution in [0, 0.1) is 5.92 Å². The van der Waals surface area contributed by atoms with Crippen LogP contribution in [0.5, 0.6) is 0 Å². The van der Waals surface area contributed by atoms with Crippen molar-refractivity contribution >= 4 is 5.91 Å². The first-order chi connectivity index (χ1) is 6.12. The van der Waals surface area contributed by atoms with Gasteiger partial charge in [-0.05, 0) is 25.2 Å². The SMILES string of the molecule is CCC(C)CC1(CC)CCC(=O)N1. The van der Waals surface area contributed by atoms with Crippen LogP contribution in [0.25, 0.3) is 0 Å². The fraction of sp³-hybridized carbons (Fsp3) is 0.909. The van der Waals surface area contributed by atoms with Gasteiger partial charge in [-0.15, -0.1) is 0 Å². The summed E-state index contributed by atoms with van der Waals surface area (Å²) in [6, 6.07) is 0. The van der Waals surface area contributed by atoms with Gasteiger partial charge in [0.1, 0.15) is 0 Å². The summed E-state index contributed by atoms with van der Waals surface area (Å²) in [6.07, 6.45) is 5.18. The van der Waals surface area contributed by atoms with Gasteiger partial charge in [0.15, 0.2) is 0 Å². The lowest BCUT2D eigenvalue weighted by Gasteiger charge is -2.30. The summed E-state index contributed by atoms with van der Waals surface area (Å²) in [5.41, 5.74) is 0.131. The van der Waals surface area contributed by atoms with Gasteiger partial charge in [0.25, 0.3) is 0 Å². The second-order valence-electron chi connectivity index (χ2n) is 4.40. The molecule has 1 heterocycles. The molecule has 0 aromatic heterocycles. The molecule has 2 heteroatoms. The average molecular weight is 183 g/mol. The van der Waals surface area contributed by atoms with E-state index < -0.39 is 0 Å². The highest BCUT2D eigenvalue weighted by atomic mass is 16.2. The van der Waals surface area contributed by atoms with Crippen molar-refractivity contribution in [3.63, 3.8) is 0 Å². The third-order valence-corrected chi connectivity index (χ3v) is 3.35. The van der Waals surface area contributed by atoms with Gasteiger partial charge in [0.2, 0.25) is 5.91 Å². The molecule has 1 amide bonds. The minimum absolute atomic E-state index is 0.131. The van der Waals surface area contributed by atoms with E-state index in [0.29, 0.717) is 0 Å². The molecule has 76 valence electrons. The molecule has 1 rings (SSSR count). The Morgan fingerprint density at radius 3 is 2.62 bits per heavy atom. The zero-order valence-electron chi connectivity index (χ0n) is 9.02. The molecule has 0 saturated carbocycles. The van der Waals surface area contributed by atoms with E-state index in [-0.39, 0.29) is 11.4 Å². The summed E-state index contributed by atoms with van der Waals surface area (Å²) in [6.45, 7) is 6.65. The molecule has 0 aliphatic carbocycles. The molecule has 1 saturated heterocycles. The Bertz CT molecular complexity index is 191. The van der Waals surface area contributed by atoms with Gasteiger partial charge in [-0.2, -0.15) is 0 Å². The number of hydrogen-bond acceptors (Lipinski definition) is 1. The molecule has 0 bridgehead atoms. The minimum Gasteiger partial charge on any atom is -0.351 e. The predicted octanol–water partition coefficient (Wildman–Crippen LogP) is 2.48. The molecule has 1 aliphatic heterocycles. The van der Waals surface area contributed by atoms with E-state index in [1.807, 2.05) is 0 Å². The van der Waals surface area contributed by atoms with Gasteiger partial charge < -0.3 is 5.32 Å². The molecular formula is C11H21NO. The summed E-state index contributed by atoms with van der Waals surface area (Å²) < 4.78 is 0. The molecule has 1 aliphatic rings. The highest BCUT2D eigenvalue weighted by molar-refractivity contribution is 5.79. The average Bonchev–Trinajstić information content (AvgIpc) is 2.48. The largest absolute Gasteiger partial charge is 0.351 e. The quantitative estimate of drug-likeness (QED) is 0.712. The number of carbonyl (C=O) groups is 1. The standard InChI is InChI=1S/C11H21NO/c1-4-9(3)8-11(5-2)7-6-10(13)12-11/h9H,4-8H2,1-3H3,(H,12,13). The van der Waals surface area contributed by atoms with Crippen LogP contribution in [0.4, 0.5) is 0 Å². The Balaban J connectivity index is 2.55. The number of rotatable bonds is 4. The number of amides is 1. The van der Waals surface area contributed by atoms with Crippen molar-refractivity contribution in [2.75, 3.05) is 0 Å². The molecule has 0 spiro atoms. The Kier molecular flexibility index (Phi) is 3.34. The molecule has 1 fully saturated rings. The second-order valence-corrected chi connectivity index (χ2v) is 4.40. The van der Waals surface area contributed by atoms with Crippen molar-refractivity contribution in [1.82, 2.24) is 5.32 Å². The van der Waals surface area contributed by atoms with E-state index in [1.54, 1.807) is 0 Å². The van der Waals surface area contributed by atoms with Crippen LogP contribution in [0.3, 0.4) is 0 Å². The number of nitrogens with one attached hydrogen (secondary N) is 1. The Morgan fingerprint density at radius 2 is 2.23 bits per heavy atom. The summed E-state index contributed by atoms with van der Waals surface area (Å²) in [5, 5.41) is 3.14. The summed E-state index contributed by atoms with van der Waals surface area (Å²) >= 11 is 0. The summed E-state index contributed by atoms with van der Waals surface area (Å²) in [4.78, 5) is 11.2. The first-order valence-electron chi connectivity index (χ1n) is 5.43. The maximum absolute atomic E-state index is 11.2. The number of carbonyl (C=O) groups excluding carboxylic acids is 1. The lowest BCUT2D eigenvalue weighted by Crippen LogP contribution is -2.42. The molecule has 2 unspecified atom stereocenters. The van der Waals surface area contributed by atoms with E-state index in [4.69, 9.17) is 0 Å². The molecule has 1 N–H and O–H groups in total. The molecule has 0 radical (unpaired) electrons. The normalized spacial score (nSPS) is 30.2. The van der Waals surface area contributed by atoms with E-state index in [0.717, 1.165) is 31.6 Å². The van der Waals surface area contributed by atoms with Gasteiger partial charge in [-0.25, -0.2) is 0 Å². The van der Waals surface area contributed by atoms with Crippen LogP contribution in [-0.4, -0.2) is 11.4 Å². The molecule has 2 atom stereocenters. The minimum atomic E-state index is 0.131. The van der Waals surface area contributed by atoms with Gasteiger partial charge >= 0.3 is 0 Å². The first kappa shape index (κ1) is 10.6. The zero-order chi connectivity index (χ0) is 9.90. The molecule has 2 nitrogen and oxygen atoms in total. The van der Waals surface area contributed by atoms with Crippen molar-refractivity contribution in [3.8, 4) is 0 Å². The van der Waals surface area contributed by atoms with E-state index in [1.165, 1.54) is 6.42 Å². The highest BCUT2D eigenvalue weighted by Gasteiger charge is 2.36. The van der Waals surface area contributed by atoms with Crippen LogP contribution in [0.15, 0.2) is 0 Å². The van der Waals surface area contributed by atoms with Crippen molar-refractivity contribution in [3.05, 3.63) is 0 Å². The van der Waals surface area contributed by atoms with Gasteiger partial charge in [-0.3, -0.25) is 4.79 Å². The molecule has 13 heavy (non-hydrogen) atoms. The van der Waals surface area contributed by atoms with E-state index in [2.05, 4.69) is 26.1 Å². The smallest absolute Gasteiger partial charge is 0.220 e. The Hall–Kier alpha value is -0.530. The predicted molar refractivity (Wildman–Crippen MR) is 54.5 cm³/mol. The van der Waals surface area contributed by atoms with Crippen molar-refractivity contribution < 1.29 is 4.79 Å². The summed E-state index contributed by atoms with van der Waals surface area (Å²) in [5.74, 6) is 0.962. The van der Waals surface area contributed by atoms with Gasteiger partial charge in [0, 0.05) is 12.0 Å². The van der Waals surface area contributed by atoms with Crippen LogP contribution in [0.1, 0.15) is 52.9 Å². The van der Waals surface area contributed by atoms with Crippen LogP contribution in [-0.2, 0) is 4.79 Å². The van der Waals surface area contributed by atoms with Crippen LogP contribution < -0.4 is 5.32 Å². The maximum Gasteiger partial charge on any atom is 0.220 e. The maximum atomic E-state index is 11.2. The molecule has 0 aromatic carbocycles. The van der Waals surface area contributed by atoms with Crippen molar-refractivity contribution in [2.24, 2.45) is 5.92 Å². The highest BCUT2D eigenvalue weighted by Crippen LogP contribution is 2.31. The van der Waals surface area contributed by atoms with Crippen LogP contribution in [0.2, 0.25) is 0 Å². The fourth-order valence-electron chi connectivity index (χ4n) is 2.15. The topological polar surface area (TPSA) is 29.1 Å². The van der Waals surface area contributed by atoms with Crippen LogP contribution >= 0.6 is 0 Å². The monoisotopic (exact) mass is 183 g/mol. The third kappa shape index (κ3) is 2.45. The Morgan fingerprint density at radius 1 is 1.54 bits per heavy atom. The van der Waals surface area contributed by atoms with E-state index in [9.17, 15) is 4.79 Å². The number of hydrogen-bond donors (Lipinski definition) is 1. The van der Waals surface area contributed by atoms with Gasteiger partial charge in [-0.1, -0.05) is 27.2 Å². The fourth-order valence-corrected chi connectivity index (χ4v) is 2.15. The lowest BCUT2D eigenvalue weighted by atomic mass is 9.84. The first-order valence-corrected chi connectivity index (χ1v) is 5.43. The van der Waals surface area contributed by atoms with E-state index >= 15 is 0 Å². The van der Waals surface area contributed by atoms with Crippen molar-refractivity contribution in [1.29, 1.82) is 0 Å². The van der Waals surface area contributed by atoms with Gasteiger partial charge in [0.05, 0.1) is 0 Å². The molecule has 0 aromatic rings. The van der Waals surface area contributed by atoms with Crippen molar-refractivity contribution in [2.45, 2.75) is 58.4 Å². The summed E-state index contributed by atoms with van der Waals surface area (Å²) in [7, 11) is 0. The third-order valence-electron chi connectivity index (χ3n) is 3.35. The Labute approximate surface area is 81.1 Å². The lowest BCUT2D eigenvalue weighted by molar-refractivity contribution is -0.119. The zero-order valence-corrected chi connectivity index (χ0v) is 9.02. The second kappa shape index (κ2) is 4.12.